The monoisotopic (exact) mass is 465 g/mol. The van der Waals surface area contributed by atoms with Gasteiger partial charge in [-0.15, -0.1) is 0 Å². The molecule has 0 radical (unpaired) electrons. The second-order valence-electron chi connectivity index (χ2n) is 7.40. The van der Waals surface area contributed by atoms with Gasteiger partial charge in [0, 0.05) is 23.6 Å². The first-order valence-electron chi connectivity index (χ1n) is 10.2. The fourth-order valence-corrected chi connectivity index (χ4v) is 3.50. The second kappa shape index (κ2) is 9.81. The number of nitrogens with zero attached hydrogens (tertiary/aromatic N) is 2. The number of carbonyl (C=O) groups excluding carboxylic acids is 1. The molecule has 4 aromatic rings. The third-order valence-electron chi connectivity index (χ3n) is 5.04. The normalized spacial score (nSPS) is 11.8. The standard InChI is InChI=1S/C24H21ClFN5O2/c1-14-11-28-24(29-17-5-3-2-4-6-17)31-22(14)16-10-20(27-12-16)23(33)30-21(13-32)15-7-8-19(26)18(25)9-15/h2-12,21,27,32H,13H2,1H3,(H,30,33)(H,28,29,31)/t21-/m0/s1. The second-order valence-corrected chi connectivity index (χ2v) is 7.81. The Kier molecular flexibility index (Phi) is 6.67. The Morgan fingerprint density at radius 1 is 1.21 bits per heavy atom. The number of aromatic amines is 1. The van der Waals surface area contributed by atoms with Crippen LogP contribution in [0.4, 0.5) is 16.0 Å². The van der Waals surface area contributed by atoms with E-state index in [4.69, 9.17) is 11.6 Å². The summed E-state index contributed by atoms with van der Waals surface area (Å²) in [7, 11) is 0. The van der Waals surface area contributed by atoms with Gasteiger partial charge in [0.1, 0.15) is 11.5 Å². The van der Waals surface area contributed by atoms with E-state index in [9.17, 15) is 14.3 Å². The number of aliphatic hydroxyl groups excluding tert-OH is 1. The van der Waals surface area contributed by atoms with Crippen molar-refractivity contribution in [2.75, 3.05) is 11.9 Å². The lowest BCUT2D eigenvalue weighted by molar-refractivity contribution is 0.0911. The number of carbonyl (C=O) groups is 1. The number of aromatic nitrogens is 3. The number of rotatable bonds is 7. The van der Waals surface area contributed by atoms with Crippen LogP contribution in [0.5, 0.6) is 0 Å². The summed E-state index contributed by atoms with van der Waals surface area (Å²) in [4.78, 5) is 24.6. The molecule has 0 saturated carbocycles. The summed E-state index contributed by atoms with van der Waals surface area (Å²) < 4.78 is 13.4. The lowest BCUT2D eigenvalue weighted by Crippen LogP contribution is -2.31. The lowest BCUT2D eigenvalue weighted by Gasteiger charge is -2.16. The van der Waals surface area contributed by atoms with Crippen LogP contribution in [0, 0.1) is 12.7 Å². The van der Waals surface area contributed by atoms with Crippen LogP contribution >= 0.6 is 11.6 Å². The Balaban J connectivity index is 1.52. The molecule has 0 bridgehead atoms. The number of H-pyrrole nitrogens is 1. The van der Waals surface area contributed by atoms with E-state index in [0.29, 0.717) is 22.8 Å². The van der Waals surface area contributed by atoms with Crippen molar-refractivity contribution in [3.63, 3.8) is 0 Å². The molecule has 0 unspecified atom stereocenters. The van der Waals surface area contributed by atoms with Crippen molar-refractivity contribution in [3.8, 4) is 11.3 Å². The van der Waals surface area contributed by atoms with Crippen molar-refractivity contribution in [2.45, 2.75) is 13.0 Å². The number of para-hydroxylation sites is 1. The van der Waals surface area contributed by atoms with Gasteiger partial charge in [-0.05, 0) is 48.4 Å². The molecule has 0 spiro atoms. The molecule has 0 saturated heterocycles. The van der Waals surface area contributed by atoms with Gasteiger partial charge in [0.05, 0.1) is 23.4 Å². The van der Waals surface area contributed by atoms with Gasteiger partial charge in [0.15, 0.2) is 0 Å². The van der Waals surface area contributed by atoms with Crippen LogP contribution in [-0.2, 0) is 0 Å². The largest absolute Gasteiger partial charge is 0.394 e. The molecular formula is C24H21ClFN5O2. The van der Waals surface area contributed by atoms with Crippen molar-refractivity contribution < 1.29 is 14.3 Å². The molecule has 1 amide bonds. The van der Waals surface area contributed by atoms with Crippen LogP contribution in [0.2, 0.25) is 5.02 Å². The zero-order valence-electron chi connectivity index (χ0n) is 17.6. The molecule has 0 fully saturated rings. The first kappa shape index (κ1) is 22.4. The molecule has 0 aliphatic carbocycles. The Labute approximate surface area is 194 Å². The molecule has 7 nitrogen and oxygen atoms in total. The van der Waals surface area contributed by atoms with E-state index in [1.807, 2.05) is 37.3 Å². The zero-order valence-corrected chi connectivity index (χ0v) is 18.4. The minimum absolute atomic E-state index is 0.0819. The zero-order chi connectivity index (χ0) is 23.4. The maximum atomic E-state index is 13.4. The van der Waals surface area contributed by atoms with Gasteiger partial charge in [0.25, 0.3) is 5.91 Å². The molecule has 1 atom stereocenters. The van der Waals surface area contributed by atoms with Crippen LogP contribution in [0.15, 0.2) is 67.0 Å². The van der Waals surface area contributed by atoms with Crippen LogP contribution < -0.4 is 10.6 Å². The summed E-state index contributed by atoms with van der Waals surface area (Å²) in [5.74, 6) is -0.573. The maximum absolute atomic E-state index is 13.4. The number of nitrogens with one attached hydrogen (secondary N) is 3. The quantitative estimate of drug-likeness (QED) is 0.314. The van der Waals surface area contributed by atoms with Crippen LogP contribution in [0.3, 0.4) is 0 Å². The third kappa shape index (κ3) is 5.19. The van der Waals surface area contributed by atoms with E-state index in [-0.39, 0.29) is 17.3 Å². The highest BCUT2D eigenvalue weighted by molar-refractivity contribution is 6.30. The predicted molar refractivity (Wildman–Crippen MR) is 125 cm³/mol. The van der Waals surface area contributed by atoms with E-state index < -0.39 is 17.8 Å². The summed E-state index contributed by atoms with van der Waals surface area (Å²) in [6.45, 7) is 1.51. The van der Waals surface area contributed by atoms with E-state index in [1.165, 1.54) is 18.2 Å². The van der Waals surface area contributed by atoms with Crippen molar-refractivity contribution in [3.05, 3.63) is 94.7 Å². The molecule has 2 aromatic heterocycles. The van der Waals surface area contributed by atoms with Gasteiger partial charge < -0.3 is 20.7 Å². The number of hydrogen-bond donors (Lipinski definition) is 4. The van der Waals surface area contributed by atoms with Crippen LogP contribution in [-0.4, -0.2) is 32.6 Å². The summed E-state index contributed by atoms with van der Waals surface area (Å²) in [6, 6.07) is 14.5. The number of halogens is 2. The first-order valence-corrected chi connectivity index (χ1v) is 10.5. The van der Waals surface area contributed by atoms with Gasteiger partial charge in [-0.25, -0.2) is 14.4 Å². The smallest absolute Gasteiger partial charge is 0.268 e. The lowest BCUT2D eigenvalue weighted by atomic mass is 10.1. The summed E-state index contributed by atoms with van der Waals surface area (Å²) in [5.41, 5.74) is 3.86. The number of benzene rings is 2. The van der Waals surface area contributed by atoms with Crippen molar-refractivity contribution >= 4 is 29.1 Å². The van der Waals surface area contributed by atoms with Crippen LogP contribution in [0.25, 0.3) is 11.3 Å². The molecule has 0 aliphatic heterocycles. The Morgan fingerprint density at radius 3 is 2.73 bits per heavy atom. The number of anilines is 2. The fourth-order valence-electron chi connectivity index (χ4n) is 3.31. The van der Waals surface area contributed by atoms with Crippen molar-refractivity contribution in [1.82, 2.24) is 20.3 Å². The number of aryl methyl sites for hydroxylation is 1. The first-order chi connectivity index (χ1) is 15.9. The van der Waals surface area contributed by atoms with E-state index in [1.54, 1.807) is 18.5 Å². The molecular weight excluding hydrogens is 445 g/mol. The molecule has 9 heteroatoms. The third-order valence-corrected chi connectivity index (χ3v) is 5.33. The fraction of sp³-hybridized carbons (Fsp3) is 0.125. The van der Waals surface area contributed by atoms with Gasteiger partial charge in [-0.2, -0.15) is 0 Å². The highest BCUT2D eigenvalue weighted by atomic mass is 35.5. The van der Waals surface area contributed by atoms with Crippen LogP contribution in [0.1, 0.15) is 27.7 Å². The molecule has 4 N–H and O–H groups in total. The predicted octanol–water partition coefficient (Wildman–Crippen LogP) is 4.78. The van der Waals surface area contributed by atoms with E-state index in [2.05, 4.69) is 25.6 Å². The van der Waals surface area contributed by atoms with E-state index in [0.717, 1.165) is 11.3 Å². The molecule has 168 valence electrons. The van der Waals surface area contributed by atoms with Gasteiger partial charge >= 0.3 is 0 Å². The highest BCUT2D eigenvalue weighted by Gasteiger charge is 2.18. The average Bonchev–Trinajstić information content (AvgIpc) is 3.31. The Hall–Kier alpha value is -3.75. The van der Waals surface area contributed by atoms with Crippen molar-refractivity contribution in [2.24, 2.45) is 0 Å². The Bertz CT molecular complexity index is 1280. The minimum Gasteiger partial charge on any atom is -0.394 e. The summed E-state index contributed by atoms with van der Waals surface area (Å²) >= 11 is 5.83. The molecule has 4 rings (SSSR count). The Morgan fingerprint density at radius 2 is 2.00 bits per heavy atom. The topological polar surface area (TPSA) is 103 Å². The van der Waals surface area contributed by atoms with Crippen molar-refractivity contribution in [1.29, 1.82) is 0 Å². The highest BCUT2D eigenvalue weighted by Crippen LogP contribution is 2.25. The van der Waals surface area contributed by atoms with Gasteiger partial charge in [-0.1, -0.05) is 35.9 Å². The number of hydrogen-bond acceptors (Lipinski definition) is 5. The van der Waals surface area contributed by atoms with E-state index >= 15 is 0 Å². The molecule has 2 aromatic carbocycles. The number of amides is 1. The summed E-state index contributed by atoms with van der Waals surface area (Å²) in [5, 5.41) is 15.5. The van der Waals surface area contributed by atoms with Gasteiger partial charge in [-0.3, -0.25) is 4.79 Å². The SMILES string of the molecule is Cc1cnc(Nc2ccccc2)nc1-c1c[nH]c(C(=O)N[C@@H](CO)c2ccc(F)c(Cl)c2)c1. The molecule has 33 heavy (non-hydrogen) atoms. The van der Waals surface area contributed by atoms with Gasteiger partial charge in [0.2, 0.25) is 5.95 Å². The molecule has 2 heterocycles. The number of aliphatic hydroxyl groups is 1. The molecule has 0 aliphatic rings. The minimum atomic E-state index is -0.746. The average molecular weight is 466 g/mol. The summed E-state index contributed by atoms with van der Waals surface area (Å²) in [6.07, 6.45) is 3.39. The maximum Gasteiger partial charge on any atom is 0.268 e.